The molecule has 0 spiro atoms. The van der Waals surface area contributed by atoms with Gasteiger partial charge in [0.2, 0.25) is 0 Å². The van der Waals surface area contributed by atoms with Gasteiger partial charge in [0.15, 0.2) is 0 Å². The van der Waals surface area contributed by atoms with Crippen molar-refractivity contribution >= 4 is 5.97 Å². The first kappa shape index (κ1) is 23.4. The summed E-state index contributed by atoms with van der Waals surface area (Å²) in [6, 6.07) is 0. The van der Waals surface area contributed by atoms with E-state index in [1.807, 2.05) is 6.92 Å². The highest BCUT2D eigenvalue weighted by molar-refractivity contribution is 5.88. The number of rotatable bonds is 12. The zero-order valence-electron chi connectivity index (χ0n) is 15.8. The molecule has 4 heteroatoms. The number of hydrogen-bond acceptors (Lipinski definition) is 2. The van der Waals surface area contributed by atoms with Crippen molar-refractivity contribution in [3.63, 3.8) is 0 Å². The van der Waals surface area contributed by atoms with Crippen molar-refractivity contribution < 1.29 is 18.3 Å². The Hall–Kier alpha value is -1.55. The molecule has 0 aromatic rings. The van der Waals surface area contributed by atoms with Crippen molar-refractivity contribution in [2.45, 2.75) is 96.8 Å². The van der Waals surface area contributed by atoms with Gasteiger partial charge in [-0.3, -0.25) is 0 Å². The smallest absolute Gasteiger partial charge is 0.384 e. The number of ether oxygens (including phenoxy) is 1. The topological polar surface area (TPSA) is 26.3 Å². The van der Waals surface area contributed by atoms with Crippen LogP contribution in [0, 0.1) is 23.7 Å². The first-order valence-corrected chi connectivity index (χ1v) is 9.45. The largest absolute Gasteiger partial charge is 0.456 e. The summed E-state index contributed by atoms with van der Waals surface area (Å²) in [7, 11) is 0. The summed E-state index contributed by atoms with van der Waals surface area (Å²) in [4.78, 5) is 11.2. The van der Waals surface area contributed by atoms with Crippen molar-refractivity contribution in [2.75, 3.05) is 6.61 Å². The molecule has 0 radical (unpaired) electrons. The lowest BCUT2D eigenvalue weighted by Crippen LogP contribution is -2.06. The van der Waals surface area contributed by atoms with Crippen molar-refractivity contribution in [2.24, 2.45) is 0 Å². The molecule has 0 atom stereocenters. The molecule has 0 aromatic heterocycles. The van der Waals surface area contributed by atoms with Crippen LogP contribution in [0.3, 0.4) is 0 Å². The molecule has 0 aliphatic heterocycles. The average molecular weight is 354 g/mol. The van der Waals surface area contributed by atoms with Gasteiger partial charge >= 0.3 is 5.97 Å². The molecule has 0 bridgehead atoms. The minimum atomic E-state index is -2.67. The molecule has 0 N–H and O–H groups in total. The highest BCUT2D eigenvalue weighted by Crippen LogP contribution is 2.15. The fraction of sp³-hybridized carbons (Fsp3) is 0.762. The van der Waals surface area contributed by atoms with E-state index >= 15 is 0 Å². The Balaban J connectivity index is 3.29. The number of unbranched alkanes of at least 4 members (excludes halogenated alkanes) is 9. The Labute approximate surface area is 152 Å². The summed E-state index contributed by atoms with van der Waals surface area (Å²) < 4.78 is 30.1. The summed E-state index contributed by atoms with van der Waals surface area (Å²) in [6.07, 6.45) is 10.8. The molecule has 25 heavy (non-hydrogen) atoms. The predicted molar refractivity (Wildman–Crippen MR) is 98.2 cm³/mol. The molecule has 0 aromatic carbocycles. The number of carbonyl (C=O) groups excluding carboxylic acids is 1. The normalized spacial score (nSPS) is 10.4. The summed E-state index contributed by atoms with van der Waals surface area (Å²) in [5.74, 6) is 7.50. The van der Waals surface area contributed by atoms with Crippen LogP contribution in [-0.2, 0) is 9.53 Å². The fourth-order valence-electron chi connectivity index (χ4n) is 2.14. The Morgan fingerprint density at radius 3 is 2.08 bits per heavy atom. The van der Waals surface area contributed by atoms with Crippen LogP contribution in [0.15, 0.2) is 0 Å². The van der Waals surface area contributed by atoms with Crippen LogP contribution in [0.4, 0.5) is 8.78 Å². The fourth-order valence-corrected chi connectivity index (χ4v) is 2.14. The van der Waals surface area contributed by atoms with Crippen LogP contribution in [0.5, 0.6) is 0 Å². The molecule has 0 fully saturated rings. The second-order valence-electron chi connectivity index (χ2n) is 6.37. The number of carbonyl (C=O) groups is 1. The average Bonchev–Trinajstić information content (AvgIpc) is 2.54. The van der Waals surface area contributed by atoms with Crippen molar-refractivity contribution in [3.05, 3.63) is 0 Å². The van der Waals surface area contributed by atoms with E-state index in [1.165, 1.54) is 12.8 Å². The van der Waals surface area contributed by atoms with Gasteiger partial charge < -0.3 is 4.74 Å². The molecule has 0 aliphatic carbocycles. The molecule has 0 saturated carbocycles. The molecule has 0 rings (SSSR count). The Bertz CT molecular complexity index is 458. The van der Waals surface area contributed by atoms with Crippen molar-refractivity contribution in [3.8, 4) is 23.7 Å². The van der Waals surface area contributed by atoms with Gasteiger partial charge in [-0.1, -0.05) is 57.3 Å². The molecule has 0 saturated heterocycles. The van der Waals surface area contributed by atoms with E-state index in [0.29, 0.717) is 13.0 Å². The van der Waals surface area contributed by atoms with Crippen LogP contribution in [0.25, 0.3) is 0 Å². The van der Waals surface area contributed by atoms with Gasteiger partial charge in [-0.2, -0.15) is 0 Å². The third kappa shape index (κ3) is 20.4. The van der Waals surface area contributed by atoms with E-state index < -0.39 is 11.9 Å². The van der Waals surface area contributed by atoms with E-state index in [4.69, 9.17) is 4.74 Å². The molecule has 0 unspecified atom stereocenters. The zero-order chi connectivity index (χ0) is 18.8. The van der Waals surface area contributed by atoms with Gasteiger partial charge in [-0.05, 0) is 19.3 Å². The lowest BCUT2D eigenvalue weighted by Gasteiger charge is -2.03. The summed E-state index contributed by atoms with van der Waals surface area (Å²) in [5, 5.41) is 0. The van der Waals surface area contributed by atoms with Crippen molar-refractivity contribution in [1.82, 2.24) is 0 Å². The number of alkyl halides is 2. The quantitative estimate of drug-likeness (QED) is 0.189. The number of esters is 1. The minimum Gasteiger partial charge on any atom is -0.456 e. The van der Waals surface area contributed by atoms with Crippen LogP contribution >= 0.6 is 0 Å². The van der Waals surface area contributed by atoms with Crippen LogP contribution < -0.4 is 0 Å². The summed E-state index contributed by atoms with van der Waals surface area (Å²) >= 11 is 0. The lowest BCUT2D eigenvalue weighted by atomic mass is 10.1. The second-order valence-corrected chi connectivity index (χ2v) is 6.37. The standard InChI is InChI=1S/C21H32F2O2/c1-3-4-14-17-20(24)25-19-16-13-11-9-7-5-6-8-10-12-15-18-21(2,22)23/h3-11,13,16,18-19H2,1-2H3. The number of hydrogen-bond donors (Lipinski definition) is 0. The van der Waals surface area contributed by atoms with Gasteiger partial charge in [0.05, 0.1) is 13.0 Å². The van der Waals surface area contributed by atoms with E-state index in [-0.39, 0.29) is 6.42 Å². The van der Waals surface area contributed by atoms with Gasteiger partial charge in [-0.25, -0.2) is 13.6 Å². The van der Waals surface area contributed by atoms with Gasteiger partial charge in [0.25, 0.3) is 5.92 Å². The molecular weight excluding hydrogens is 322 g/mol. The Morgan fingerprint density at radius 1 is 0.880 bits per heavy atom. The highest BCUT2D eigenvalue weighted by atomic mass is 19.3. The third-order valence-corrected chi connectivity index (χ3v) is 3.52. The lowest BCUT2D eigenvalue weighted by molar-refractivity contribution is -0.136. The maximum atomic E-state index is 12.5. The molecular formula is C21H32F2O2. The molecule has 0 amide bonds. The Kier molecular flexibility index (Phi) is 15.0. The van der Waals surface area contributed by atoms with Gasteiger partial charge in [0.1, 0.15) is 0 Å². The van der Waals surface area contributed by atoms with E-state index in [1.54, 1.807) is 0 Å². The van der Waals surface area contributed by atoms with Crippen LogP contribution in [-0.4, -0.2) is 18.5 Å². The van der Waals surface area contributed by atoms with Crippen LogP contribution in [0.1, 0.15) is 90.9 Å². The first-order valence-electron chi connectivity index (χ1n) is 9.45. The minimum absolute atomic E-state index is 0.340. The van der Waals surface area contributed by atoms with Crippen molar-refractivity contribution in [1.29, 1.82) is 0 Å². The second kappa shape index (κ2) is 15.9. The maximum Gasteiger partial charge on any atom is 0.384 e. The maximum absolute atomic E-state index is 12.5. The molecule has 142 valence electrons. The summed E-state index contributed by atoms with van der Waals surface area (Å²) in [5.41, 5.74) is 0. The van der Waals surface area contributed by atoms with Gasteiger partial charge in [0, 0.05) is 25.7 Å². The Morgan fingerprint density at radius 2 is 1.48 bits per heavy atom. The SMILES string of the molecule is CCCC#CC(=O)OCCCCCCCCCCC#CCC(C)(F)F. The number of halogens is 2. The monoisotopic (exact) mass is 354 g/mol. The zero-order valence-corrected chi connectivity index (χ0v) is 15.8. The molecule has 2 nitrogen and oxygen atoms in total. The first-order chi connectivity index (χ1) is 12.0. The molecule has 0 aliphatic rings. The highest BCUT2D eigenvalue weighted by Gasteiger charge is 2.18. The predicted octanol–water partition coefficient (Wildman–Crippen LogP) is 5.89. The van der Waals surface area contributed by atoms with E-state index in [2.05, 4.69) is 23.7 Å². The third-order valence-electron chi connectivity index (χ3n) is 3.52. The van der Waals surface area contributed by atoms with E-state index in [0.717, 1.165) is 58.3 Å². The molecule has 0 heterocycles. The summed E-state index contributed by atoms with van der Waals surface area (Å²) in [6.45, 7) is 3.37. The van der Waals surface area contributed by atoms with E-state index in [9.17, 15) is 13.6 Å². The van der Waals surface area contributed by atoms with Gasteiger partial charge in [-0.15, -0.1) is 5.92 Å². The van der Waals surface area contributed by atoms with Crippen LogP contribution in [0.2, 0.25) is 0 Å².